The van der Waals surface area contributed by atoms with Crippen LogP contribution in [0.2, 0.25) is 0 Å². The van der Waals surface area contributed by atoms with Crippen molar-refractivity contribution in [2.45, 2.75) is 25.3 Å². The van der Waals surface area contributed by atoms with E-state index in [1.807, 2.05) is 12.1 Å². The molecule has 2 aromatic heterocycles. The predicted octanol–water partition coefficient (Wildman–Crippen LogP) is 2.07. The first-order valence-corrected chi connectivity index (χ1v) is 8.26. The number of amides is 1. The summed E-state index contributed by atoms with van der Waals surface area (Å²) >= 11 is 0. The zero-order valence-corrected chi connectivity index (χ0v) is 13.8. The van der Waals surface area contributed by atoms with Crippen LogP contribution in [0.3, 0.4) is 0 Å². The van der Waals surface area contributed by atoms with Gasteiger partial charge in [-0.15, -0.1) is 0 Å². The Balaban J connectivity index is 1.66. The van der Waals surface area contributed by atoms with E-state index in [0.717, 1.165) is 29.7 Å². The molecular weight excluding hydrogens is 318 g/mol. The van der Waals surface area contributed by atoms with Gasteiger partial charge in [0.25, 0.3) is 5.91 Å². The smallest absolute Gasteiger partial charge is 0.274 e. The van der Waals surface area contributed by atoms with Crippen molar-refractivity contribution in [3.63, 3.8) is 0 Å². The predicted molar refractivity (Wildman–Crippen MR) is 92.4 cm³/mol. The molecule has 128 valence electrons. The highest BCUT2D eigenvalue weighted by atomic mass is 16.5. The number of rotatable bonds is 3. The second kappa shape index (κ2) is 6.27. The Morgan fingerprint density at radius 2 is 2.04 bits per heavy atom. The molecule has 3 aromatic rings. The number of hydrogen-bond donors (Lipinski definition) is 4. The number of H-pyrrole nitrogens is 1. The fraction of sp³-hybridized carbons (Fsp3) is 0.278. The number of fused-ring (bicyclic) bond motifs is 3. The molecule has 0 aliphatic carbocycles. The number of nitrogens with zero attached hydrogens (tertiary/aromatic N) is 2. The maximum Gasteiger partial charge on any atom is 0.274 e. The van der Waals surface area contributed by atoms with E-state index in [-0.39, 0.29) is 6.04 Å². The van der Waals surface area contributed by atoms with Crippen molar-refractivity contribution in [3.8, 4) is 0 Å². The SMILES string of the molecule is CC1CNC(Cc2ccc(C(=O)NO)cc2)c2c1[nH]c1nccnc21. The molecule has 7 heteroatoms. The molecule has 0 saturated heterocycles. The van der Waals surface area contributed by atoms with Crippen molar-refractivity contribution in [1.82, 2.24) is 25.7 Å². The fourth-order valence-corrected chi connectivity index (χ4v) is 3.48. The van der Waals surface area contributed by atoms with Crippen molar-refractivity contribution in [3.05, 3.63) is 59.0 Å². The van der Waals surface area contributed by atoms with Gasteiger partial charge in [-0.3, -0.25) is 15.0 Å². The van der Waals surface area contributed by atoms with E-state index in [1.54, 1.807) is 30.0 Å². The summed E-state index contributed by atoms with van der Waals surface area (Å²) in [5, 5.41) is 12.3. The summed E-state index contributed by atoms with van der Waals surface area (Å²) in [5.41, 5.74) is 7.29. The Labute approximate surface area is 144 Å². The van der Waals surface area contributed by atoms with Gasteiger partial charge in [0.1, 0.15) is 5.52 Å². The van der Waals surface area contributed by atoms with Gasteiger partial charge in [-0.2, -0.15) is 0 Å². The van der Waals surface area contributed by atoms with Gasteiger partial charge in [0.2, 0.25) is 0 Å². The summed E-state index contributed by atoms with van der Waals surface area (Å²) in [6, 6.07) is 7.37. The lowest BCUT2D eigenvalue weighted by atomic mass is 9.89. The number of carbonyl (C=O) groups excluding carboxylic acids is 1. The fourth-order valence-electron chi connectivity index (χ4n) is 3.48. The largest absolute Gasteiger partial charge is 0.341 e. The molecule has 0 spiro atoms. The van der Waals surface area contributed by atoms with Crippen molar-refractivity contribution < 1.29 is 10.0 Å². The number of hydrogen-bond acceptors (Lipinski definition) is 5. The lowest BCUT2D eigenvalue weighted by Gasteiger charge is -2.28. The van der Waals surface area contributed by atoms with Crippen LogP contribution in [0.4, 0.5) is 0 Å². The quantitative estimate of drug-likeness (QED) is 0.433. The molecule has 2 atom stereocenters. The maximum absolute atomic E-state index is 11.4. The molecule has 0 bridgehead atoms. The monoisotopic (exact) mass is 337 g/mol. The van der Waals surface area contributed by atoms with Gasteiger partial charge in [0.15, 0.2) is 5.65 Å². The molecule has 25 heavy (non-hydrogen) atoms. The van der Waals surface area contributed by atoms with E-state index in [9.17, 15) is 4.79 Å². The standard InChI is InChI=1S/C18H19N5O2/c1-10-9-21-13(8-11-2-4-12(5-3-11)18(24)23-25)14-15(10)22-17-16(14)19-6-7-20-17/h2-7,10,13,21,25H,8-9H2,1H3,(H,20,22)(H,23,24). The van der Waals surface area contributed by atoms with Gasteiger partial charge >= 0.3 is 0 Å². The summed E-state index contributed by atoms with van der Waals surface area (Å²) < 4.78 is 0. The Morgan fingerprint density at radius 3 is 2.80 bits per heavy atom. The minimum atomic E-state index is -0.509. The highest BCUT2D eigenvalue weighted by Gasteiger charge is 2.29. The van der Waals surface area contributed by atoms with Gasteiger partial charge in [-0.05, 0) is 24.1 Å². The summed E-state index contributed by atoms with van der Waals surface area (Å²) in [7, 11) is 0. The molecule has 2 unspecified atom stereocenters. The molecule has 1 aliphatic rings. The van der Waals surface area contributed by atoms with Crippen molar-refractivity contribution in [1.29, 1.82) is 0 Å². The van der Waals surface area contributed by atoms with E-state index in [0.29, 0.717) is 11.5 Å². The molecule has 0 fully saturated rings. The third-order valence-corrected chi connectivity index (χ3v) is 4.77. The number of benzene rings is 1. The van der Waals surface area contributed by atoms with E-state index in [4.69, 9.17) is 5.21 Å². The topological polar surface area (TPSA) is 103 Å². The number of aromatic amines is 1. The Morgan fingerprint density at radius 1 is 1.28 bits per heavy atom. The lowest BCUT2D eigenvalue weighted by molar-refractivity contribution is 0.0706. The van der Waals surface area contributed by atoms with E-state index in [1.165, 1.54) is 11.3 Å². The van der Waals surface area contributed by atoms with Crippen LogP contribution in [0.1, 0.15) is 46.1 Å². The second-order valence-corrected chi connectivity index (χ2v) is 6.41. The minimum Gasteiger partial charge on any atom is -0.341 e. The van der Waals surface area contributed by atoms with Gasteiger partial charge in [0.05, 0.1) is 0 Å². The van der Waals surface area contributed by atoms with Crippen LogP contribution in [0.15, 0.2) is 36.7 Å². The summed E-state index contributed by atoms with van der Waals surface area (Å²) in [4.78, 5) is 23.8. The number of carbonyl (C=O) groups is 1. The third kappa shape index (κ3) is 2.77. The second-order valence-electron chi connectivity index (χ2n) is 6.41. The molecule has 0 saturated carbocycles. The first kappa shape index (κ1) is 15.7. The van der Waals surface area contributed by atoms with Crippen LogP contribution in [-0.2, 0) is 6.42 Å². The van der Waals surface area contributed by atoms with Crippen LogP contribution in [-0.4, -0.2) is 32.6 Å². The number of aromatic nitrogens is 3. The molecular formula is C18H19N5O2. The molecule has 3 heterocycles. The zero-order chi connectivity index (χ0) is 17.4. The molecule has 1 amide bonds. The van der Waals surface area contributed by atoms with Crippen LogP contribution in [0.5, 0.6) is 0 Å². The summed E-state index contributed by atoms with van der Waals surface area (Å²) in [5.74, 6) is -0.136. The molecule has 4 N–H and O–H groups in total. The minimum absolute atomic E-state index is 0.133. The molecule has 1 aromatic carbocycles. The maximum atomic E-state index is 11.4. The van der Waals surface area contributed by atoms with Crippen LogP contribution in [0, 0.1) is 0 Å². The van der Waals surface area contributed by atoms with Gasteiger partial charge < -0.3 is 10.3 Å². The first-order valence-electron chi connectivity index (χ1n) is 8.26. The van der Waals surface area contributed by atoms with Gasteiger partial charge in [-0.1, -0.05) is 19.1 Å². The Bertz CT molecular complexity index is 919. The average molecular weight is 337 g/mol. The van der Waals surface area contributed by atoms with Crippen LogP contribution < -0.4 is 10.8 Å². The van der Waals surface area contributed by atoms with Gasteiger partial charge in [-0.25, -0.2) is 10.5 Å². The van der Waals surface area contributed by atoms with Crippen molar-refractivity contribution >= 4 is 17.1 Å². The summed E-state index contributed by atoms with van der Waals surface area (Å²) in [6.07, 6.45) is 4.20. The van der Waals surface area contributed by atoms with E-state index < -0.39 is 5.91 Å². The van der Waals surface area contributed by atoms with Crippen LogP contribution >= 0.6 is 0 Å². The number of hydroxylamine groups is 1. The summed E-state index contributed by atoms with van der Waals surface area (Å²) in [6.45, 7) is 3.06. The Kier molecular flexibility index (Phi) is 3.95. The highest BCUT2D eigenvalue weighted by Crippen LogP contribution is 2.35. The van der Waals surface area contributed by atoms with E-state index >= 15 is 0 Å². The molecule has 4 rings (SSSR count). The lowest BCUT2D eigenvalue weighted by Crippen LogP contribution is -2.33. The van der Waals surface area contributed by atoms with E-state index in [2.05, 4.69) is 27.2 Å². The zero-order valence-electron chi connectivity index (χ0n) is 13.8. The van der Waals surface area contributed by atoms with Crippen molar-refractivity contribution in [2.24, 2.45) is 0 Å². The molecule has 7 nitrogen and oxygen atoms in total. The van der Waals surface area contributed by atoms with Crippen LogP contribution in [0.25, 0.3) is 11.2 Å². The normalized spacial score (nSPS) is 19.6. The molecule has 1 aliphatic heterocycles. The first-order chi connectivity index (χ1) is 12.2. The third-order valence-electron chi connectivity index (χ3n) is 4.77. The van der Waals surface area contributed by atoms with Crippen molar-refractivity contribution in [2.75, 3.05) is 6.54 Å². The molecule has 0 radical (unpaired) electrons. The number of nitrogens with one attached hydrogen (secondary N) is 3. The highest BCUT2D eigenvalue weighted by molar-refractivity contribution is 5.93. The Hall–Kier alpha value is -2.77. The van der Waals surface area contributed by atoms with Gasteiger partial charge in [0, 0.05) is 47.7 Å². The average Bonchev–Trinajstić information content (AvgIpc) is 3.05.